The van der Waals surface area contributed by atoms with Crippen LogP contribution in [0.25, 0.3) is 0 Å². The number of hydrazone groups is 1. The molecule has 3 atom stereocenters. The van der Waals surface area contributed by atoms with Crippen LogP contribution in [0.2, 0.25) is 0 Å². The molecule has 1 spiro atoms. The molecule has 1 aliphatic heterocycles. The van der Waals surface area contributed by atoms with Crippen molar-refractivity contribution in [1.29, 1.82) is 0 Å². The van der Waals surface area contributed by atoms with Crippen LogP contribution in [0, 0.1) is 11.3 Å². The van der Waals surface area contributed by atoms with Crippen molar-refractivity contribution in [2.24, 2.45) is 16.4 Å². The standard InChI is InChI=1S/C20H25BrN2O2/c1-13(4-5-14-6-8-16(21)9-7-14)22-23-18(24)25-17-12-15-10-11-20(17,23)19(15,2)3/h6-9,15,17H,4-5,10-12H2,1-3H3/b22-13+/t15-,17-,20+/m1/s1. The average molecular weight is 405 g/mol. The van der Waals surface area contributed by atoms with Crippen LogP contribution in [-0.2, 0) is 11.2 Å². The fraction of sp³-hybridized carbons (Fsp3) is 0.600. The molecule has 2 saturated carbocycles. The summed E-state index contributed by atoms with van der Waals surface area (Å²) in [5.74, 6) is 0.631. The van der Waals surface area contributed by atoms with E-state index in [0.29, 0.717) is 5.92 Å². The molecule has 0 N–H and O–H groups in total. The fourth-order valence-electron chi connectivity index (χ4n) is 5.19. The Morgan fingerprint density at radius 1 is 1.36 bits per heavy atom. The molecule has 3 aliphatic rings. The number of carbonyl (C=O) groups excluding carboxylic acids is 1. The lowest BCUT2D eigenvalue weighted by Gasteiger charge is -2.39. The van der Waals surface area contributed by atoms with Crippen molar-refractivity contribution in [3.63, 3.8) is 0 Å². The van der Waals surface area contributed by atoms with Gasteiger partial charge >= 0.3 is 6.09 Å². The van der Waals surface area contributed by atoms with Crippen LogP contribution >= 0.6 is 15.9 Å². The van der Waals surface area contributed by atoms with E-state index in [0.717, 1.165) is 35.9 Å². The second-order valence-corrected chi connectivity index (χ2v) is 9.18. The van der Waals surface area contributed by atoms with Gasteiger partial charge in [0, 0.05) is 10.2 Å². The smallest absolute Gasteiger partial charge is 0.431 e. The van der Waals surface area contributed by atoms with E-state index in [9.17, 15) is 4.79 Å². The monoisotopic (exact) mass is 404 g/mol. The molecule has 0 unspecified atom stereocenters. The molecule has 0 aromatic heterocycles. The summed E-state index contributed by atoms with van der Waals surface area (Å²) in [5.41, 5.74) is 2.09. The number of aryl methyl sites for hydroxylation is 1. The maximum atomic E-state index is 12.5. The van der Waals surface area contributed by atoms with Gasteiger partial charge in [0.05, 0.1) is 0 Å². The molecule has 1 amide bonds. The molecule has 25 heavy (non-hydrogen) atoms. The predicted molar refractivity (Wildman–Crippen MR) is 102 cm³/mol. The fourth-order valence-corrected chi connectivity index (χ4v) is 5.46. The van der Waals surface area contributed by atoms with Gasteiger partial charge in [-0.15, -0.1) is 0 Å². The number of halogens is 1. The Hall–Kier alpha value is -1.36. The zero-order chi connectivity index (χ0) is 17.8. The predicted octanol–water partition coefficient (Wildman–Crippen LogP) is 5.16. The van der Waals surface area contributed by atoms with Gasteiger partial charge in [0.15, 0.2) is 0 Å². The summed E-state index contributed by atoms with van der Waals surface area (Å²) in [7, 11) is 0. The summed E-state index contributed by atoms with van der Waals surface area (Å²) in [6.07, 6.45) is 4.68. The van der Waals surface area contributed by atoms with Crippen LogP contribution in [-0.4, -0.2) is 28.5 Å². The lowest BCUT2D eigenvalue weighted by molar-refractivity contribution is 0.0569. The van der Waals surface area contributed by atoms with Gasteiger partial charge in [-0.3, -0.25) is 0 Å². The highest BCUT2D eigenvalue weighted by Gasteiger charge is 2.73. The summed E-state index contributed by atoms with van der Waals surface area (Å²) >= 11 is 3.46. The first kappa shape index (κ1) is 17.1. The maximum Gasteiger partial charge on any atom is 0.431 e. The number of carbonyl (C=O) groups is 1. The third-order valence-corrected chi connectivity index (χ3v) is 7.32. The zero-order valence-electron chi connectivity index (χ0n) is 15.1. The van der Waals surface area contributed by atoms with Crippen LogP contribution in [0.1, 0.15) is 52.0 Å². The van der Waals surface area contributed by atoms with Crippen molar-refractivity contribution in [3.8, 4) is 0 Å². The number of hydrogen-bond donors (Lipinski definition) is 0. The molecule has 134 valence electrons. The number of ether oxygens (including phenoxy) is 1. The lowest BCUT2D eigenvalue weighted by Crippen LogP contribution is -2.53. The molecule has 1 aromatic rings. The lowest BCUT2D eigenvalue weighted by atomic mass is 9.75. The average Bonchev–Trinajstić information content (AvgIpc) is 3.08. The largest absolute Gasteiger partial charge is 0.442 e. The Morgan fingerprint density at radius 3 is 2.76 bits per heavy atom. The van der Waals surface area contributed by atoms with Gasteiger partial charge in [0.25, 0.3) is 0 Å². The number of nitrogens with zero attached hydrogens (tertiary/aromatic N) is 2. The summed E-state index contributed by atoms with van der Waals surface area (Å²) in [6, 6.07) is 8.36. The number of rotatable bonds is 4. The molecule has 4 nitrogen and oxygen atoms in total. The van der Waals surface area contributed by atoms with Crippen molar-refractivity contribution >= 4 is 27.7 Å². The van der Waals surface area contributed by atoms with Gasteiger partial charge in [-0.2, -0.15) is 10.1 Å². The minimum atomic E-state index is -0.263. The van der Waals surface area contributed by atoms with E-state index >= 15 is 0 Å². The van der Waals surface area contributed by atoms with Gasteiger partial charge in [-0.05, 0) is 68.1 Å². The van der Waals surface area contributed by atoms with E-state index in [1.165, 1.54) is 12.0 Å². The molecule has 4 rings (SSSR count). The zero-order valence-corrected chi connectivity index (χ0v) is 16.7. The third kappa shape index (κ3) is 2.46. The first-order chi connectivity index (χ1) is 11.8. The summed E-state index contributed by atoms with van der Waals surface area (Å²) in [6.45, 7) is 6.59. The van der Waals surface area contributed by atoms with E-state index in [-0.39, 0.29) is 23.2 Å². The van der Waals surface area contributed by atoms with Gasteiger partial charge in [-0.1, -0.05) is 41.9 Å². The molecule has 2 aliphatic carbocycles. The molecule has 3 fully saturated rings. The van der Waals surface area contributed by atoms with Crippen LogP contribution < -0.4 is 0 Å². The number of fused-ring (bicyclic) bond motifs is 1. The van der Waals surface area contributed by atoms with Gasteiger partial charge in [-0.25, -0.2) is 4.79 Å². The SMILES string of the molecule is C/C(CCc1ccc(Br)cc1)=N\N1C(=O)O[C@@H]2C[C@H]3CC[C@@]21C3(C)C. The van der Waals surface area contributed by atoms with Gasteiger partial charge < -0.3 is 4.74 Å². The molecular formula is C20H25BrN2O2. The third-order valence-electron chi connectivity index (χ3n) is 6.79. The number of hydrogen-bond acceptors (Lipinski definition) is 3. The Kier molecular flexibility index (Phi) is 3.98. The van der Waals surface area contributed by atoms with Crippen LogP contribution in [0.15, 0.2) is 33.8 Å². The minimum Gasteiger partial charge on any atom is -0.442 e. The van der Waals surface area contributed by atoms with E-state index in [2.05, 4.69) is 54.0 Å². The Bertz CT molecular complexity index is 728. The molecular weight excluding hydrogens is 380 g/mol. The normalized spacial score (nSPS) is 32.9. The van der Waals surface area contributed by atoms with Crippen LogP contribution in [0.5, 0.6) is 0 Å². The highest BCUT2D eigenvalue weighted by atomic mass is 79.9. The van der Waals surface area contributed by atoms with E-state index in [1.807, 2.05) is 6.92 Å². The van der Waals surface area contributed by atoms with Crippen molar-refractivity contribution < 1.29 is 9.53 Å². The second kappa shape index (κ2) is 5.83. The Morgan fingerprint density at radius 2 is 2.08 bits per heavy atom. The van der Waals surface area contributed by atoms with Crippen LogP contribution in [0.4, 0.5) is 4.79 Å². The highest BCUT2D eigenvalue weighted by Crippen LogP contribution is 2.65. The molecule has 1 aromatic carbocycles. The Balaban J connectivity index is 1.53. The molecule has 5 heteroatoms. The molecule has 1 saturated heterocycles. The molecule has 2 bridgehead atoms. The van der Waals surface area contributed by atoms with Crippen molar-refractivity contribution in [3.05, 3.63) is 34.3 Å². The maximum absolute atomic E-state index is 12.5. The van der Waals surface area contributed by atoms with Crippen LogP contribution in [0.3, 0.4) is 0 Å². The quantitative estimate of drug-likeness (QED) is 0.650. The summed E-state index contributed by atoms with van der Waals surface area (Å²) in [4.78, 5) is 12.5. The first-order valence-electron chi connectivity index (χ1n) is 9.14. The van der Waals surface area contributed by atoms with Crippen molar-refractivity contribution in [2.45, 2.75) is 64.5 Å². The first-order valence-corrected chi connectivity index (χ1v) is 9.93. The second-order valence-electron chi connectivity index (χ2n) is 8.26. The van der Waals surface area contributed by atoms with Crippen molar-refractivity contribution in [1.82, 2.24) is 5.01 Å². The molecule has 1 heterocycles. The Labute approximate surface area is 157 Å². The number of amides is 1. The topological polar surface area (TPSA) is 41.9 Å². The van der Waals surface area contributed by atoms with E-state index in [1.54, 1.807) is 5.01 Å². The summed E-state index contributed by atoms with van der Waals surface area (Å²) in [5, 5.41) is 6.47. The minimum absolute atomic E-state index is 0.0109. The van der Waals surface area contributed by atoms with Gasteiger partial charge in [0.1, 0.15) is 11.6 Å². The van der Waals surface area contributed by atoms with E-state index < -0.39 is 0 Å². The highest BCUT2D eigenvalue weighted by molar-refractivity contribution is 9.10. The molecule has 0 radical (unpaired) electrons. The van der Waals surface area contributed by atoms with E-state index in [4.69, 9.17) is 9.84 Å². The van der Waals surface area contributed by atoms with Crippen molar-refractivity contribution in [2.75, 3.05) is 0 Å². The van der Waals surface area contributed by atoms with Gasteiger partial charge in [0.2, 0.25) is 0 Å². The number of benzene rings is 1. The summed E-state index contributed by atoms with van der Waals surface area (Å²) < 4.78 is 6.80.